The number of amides is 1. The zero-order valence-electron chi connectivity index (χ0n) is 12.4. The number of nitrogens with one attached hydrogen (secondary N) is 2. The second kappa shape index (κ2) is 6.66. The highest BCUT2D eigenvalue weighted by Gasteiger charge is 2.36. The van der Waals surface area contributed by atoms with Gasteiger partial charge < -0.3 is 11.1 Å². The number of benzene rings is 1. The fraction of sp³-hybridized carbons (Fsp3) is 0.500. The van der Waals surface area contributed by atoms with Gasteiger partial charge in [-0.25, -0.2) is 13.1 Å². The zero-order chi connectivity index (χ0) is 16.4. The van der Waals surface area contributed by atoms with Crippen molar-refractivity contribution in [1.82, 2.24) is 4.72 Å². The van der Waals surface area contributed by atoms with Crippen molar-refractivity contribution in [3.8, 4) is 0 Å². The van der Waals surface area contributed by atoms with Gasteiger partial charge in [0.25, 0.3) is 0 Å². The van der Waals surface area contributed by atoms with E-state index in [1.807, 2.05) is 0 Å². The highest BCUT2D eigenvalue weighted by molar-refractivity contribution is 9.10. The molecular weight excluding hydrogens is 370 g/mol. The predicted molar refractivity (Wildman–Crippen MR) is 89.0 cm³/mol. The van der Waals surface area contributed by atoms with Gasteiger partial charge in [0, 0.05) is 23.5 Å². The molecule has 6 nitrogen and oxygen atoms in total. The van der Waals surface area contributed by atoms with E-state index >= 15 is 0 Å². The monoisotopic (exact) mass is 389 g/mol. The van der Waals surface area contributed by atoms with E-state index in [1.54, 1.807) is 6.07 Å². The zero-order valence-corrected chi connectivity index (χ0v) is 14.8. The molecule has 1 saturated carbocycles. The van der Waals surface area contributed by atoms with Crippen LogP contribution in [0.4, 0.5) is 5.69 Å². The molecule has 0 spiro atoms. The Kier molecular flexibility index (Phi) is 5.26. The molecule has 4 N–H and O–H groups in total. The molecule has 122 valence electrons. The molecule has 2 rings (SSSR count). The molecule has 1 aromatic carbocycles. The van der Waals surface area contributed by atoms with Crippen molar-refractivity contribution < 1.29 is 13.2 Å². The van der Waals surface area contributed by atoms with Gasteiger partial charge in [-0.15, -0.1) is 0 Å². The van der Waals surface area contributed by atoms with Crippen molar-refractivity contribution in [2.45, 2.75) is 43.0 Å². The summed E-state index contributed by atoms with van der Waals surface area (Å²) in [7, 11) is -3.65. The molecular formula is C14H20BrN3O3S. The van der Waals surface area contributed by atoms with Crippen LogP contribution in [-0.2, 0) is 14.8 Å². The first kappa shape index (κ1) is 17.4. The first-order chi connectivity index (χ1) is 10.3. The summed E-state index contributed by atoms with van der Waals surface area (Å²) in [4.78, 5) is 11.2. The van der Waals surface area contributed by atoms with Gasteiger partial charge in [-0.3, -0.25) is 4.79 Å². The standard InChI is InChI=1S/C14H20BrN3O3S/c1-10(19)17-13-5-4-11(8-12(13)15)22(20,21)18-14(9-16)6-2-3-7-14/h4-5,8,18H,2-3,6-7,9,16H2,1H3,(H,17,19). The Morgan fingerprint density at radius 1 is 1.36 bits per heavy atom. The van der Waals surface area contributed by atoms with Gasteiger partial charge in [-0.1, -0.05) is 12.8 Å². The Hall–Kier alpha value is -0.960. The number of sulfonamides is 1. The van der Waals surface area contributed by atoms with Crippen LogP contribution in [0.3, 0.4) is 0 Å². The number of carbonyl (C=O) groups excluding carboxylic acids is 1. The minimum atomic E-state index is -3.65. The molecule has 0 unspecified atom stereocenters. The van der Waals surface area contributed by atoms with Crippen molar-refractivity contribution in [1.29, 1.82) is 0 Å². The van der Waals surface area contributed by atoms with Crippen LogP contribution in [0, 0.1) is 0 Å². The van der Waals surface area contributed by atoms with Gasteiger partial charge in [0.15, 0.2) is 0 Å². The lowest BCUT2D eigenvalue weighted by molar-refractivity contribution is -0.114. The Balaban J connectivity index is 2.26. The molecule has 0 heterocycles. The minimum absolute atomic E-state index is 0.146. The molecule has 0 saturated heterocycles. The smallest absolute Gasteiger partial charge is 0.241 e. The number of carbonyl (C=O) groups is 1. The fourth-order valence-corrected chi connectivity index (χ4v) is 4.82. The molecule has 0 atom stereocenters. The van der Waals surface area contributed by atoms with Crippen molar-refractivity contribution in [2.24, 2.45) is 5.73 Å². The number of anilines is 1. The van der Waals surface area contributed by atoms with Crippen LogP contribution in [0.2, 0.25) is 0 Å². The van der Waals surface area contributed by atoms with Crippen LogP contribution in [0.1, 0.15) is 32.6 Å². The lowest BCUT2D eigenvalue weighted by Crippen LogP contribution is -2.51. The lowest BCUT2D eigenvalue weighted by atomic mass is 10.0. The van der Waals surface area contributed by atoms with Crippen LogP contribution < -0.4 is 15.8 Å². The molecule has 1 aromatic rings. The van der Waals surface area contributed by atoms with Crippen LogP contribution in [0.5, 0.6) is 0 Å². The summed E-state index contributed by atoms with van der Waals surface area (Å²) in [5.41, 5.74) is 5.77. The van der Waals surface area contributed by atoms with E-state index in [4.69, 9.17) is 5.73 Å². The van der Waals surface area contributed by atoms with Gasteiger partial charge in [0.1, 0.15) is 0 Å². The average molecular weight is 390 g/mol. The summed E-state index contributed by atoms with van der Waals surface area (Å²) in [6, 6.07) is 4.51. The molecule has 1 aliphatic rings. The van der Waals surface area contributed by atoms with Crippen molar-refractivity contribution in [3.63, 3.8) is 0 Å². The van der Waals surface area contributed by atoms with E-state index in [1.165, 1.54) is 19.1 Å². The molecule has 1 fully saturated rings. The molecule has 0 bridgehead atoms. The second-order valence-corrected chi connectivity index (χ2v) is 8.16. The minimum Gasteiger partial charge on any atom is -0.329 e. The summed E-state index contributed by atoms with van der Waals surface area (Å²) in [5, 5.41) is 2.62. The first-order valence-corrected chi connectivity index (χ1v) is 9.37. The maximum atomic E-state index is 12.6. The summed E-state index contributed by atoms with van der Waals surface area (Å²) in [5.74, 6) is -0.220. The number of nitrogens with two attached hydrogens (primary N) is 1. The Labute approximate surface area is 139 Å². The van der Waals surface area contributed by atoms with E-state index < -0.39 is 15.6 Å². The van der Waals surface area contributed by atoms with E-state index in [-0.39, 0.29) is 17.3 Å². The number of halogens is 1. The van der Waals surface area contributed by atoms with Crippen LogP contribution in [0.25, 0.3) is 0 Å². The molecule has 0 radical (unpaired) electrons. The summed E-state index contributed by atoms with van der Waals surface area (Å²) in [6.45, 7) is 1.68. The third-order valence-electron chi connectivity index (χ3n) is 3.86. The van der Waals surface area contributed by atoms with E-state index in [2.05, 4.69) is 26.0 Å². The molecule has 0 aromatic heterocycles. The van der Waals surface area contributed by atoms with Crippen molar-refractivity contribution in [3.05, 3.63) is 22.7 Å². The van der Waals surface area contributed by atoms with Crippen LogP contribution in [-0.4, -0.2) is 26.4 Å². The quantitative estimate of drug-likeness (QED) is 0.715. The van der Waals surface area contributed by atoms with E-state index in [0.29, 0.717) is 10.2 Å². The summed E-state index contributed by atoms with van der Waals surface area (Å²) in [6.07, 6.45) is 3.47. The van der Waals surface area contributed by atoms with Gasteiger partial charge in [-0.05, 0) is 47.0 Å². The third-order valence-corrected chi connectivity index (χ3v) is 6.10. The Morgan fingerprint density at radius 3 is 2.50 bits per heavy atom. The predicted octanol–water partition coefficient (Wildman–Crippen LogP) is 1.96. The summed E-state index contributed by atoms with van der Waals surface area (Å²) >= 11 is 3.28. The first-order valence-electron chi connectivity index (χ1n) is 7.09. The number of hydrogen-bond donors (Lipinski definition) is 3. The topological polar surface area (TPSA) is 101 Å². The highest BCUT2D eigenvalue weighted by Crippen LogP contribution is 2.31. The maximum Gasteiger partial charge on any atom is 0.241 e. The molecule has 1 aliphatic carbocycles. The Morgan fingerprint density at radius 2 is 2.00 bits per heavy atom. The Bertz CT molecular complexity index is 670. The molecule has 1 amide bonds. The third kappa shape index (κ3) is 3.87. The second-order valence-electron chi connectivity index (χ2n) is 5.62. The van der Waals surface area contributed by atoms with Crippen LogP contribution >= 0.6 is 15.9 Å². The van der Waals surface area contributed by atoms with Gasteiger partial charge in [-0.2, -0.15) is 0 Å². The number of hydrogen-bond acceptors (Lipinski definition) is 4. The number of rotatable bonds is 5. The fourth-order valence-electron chi connectivity index (χ4n) is 2.70. The van der Waals surface area contributed by atoms with Crippen molar-refractivity contribution >= 4 is 37.5 Å². The van der Waals surface area contributed by atoms with E-state index in [0.717, 1.165) is 25.7 Å². The highest BCUT2D eigenvalue weighted by atomic mass is 79.9. The van der Waals surface area contributed by atoms with Gasteiger partial charge >= 0.3 is 0 Å². The lowest BCUT2D eigenvalue weighted by Gasteiger charge is -2.28. The maximum absolute atomic E-state index is 12.6. The SMILES string of the molecule is CC(=O)Nc1ccc(S(=O)(=O)NC2(CN)CCCC2)cc1Br. The summed E-state index contributed by atoms with van der Waals surface area (Å²) < 4.78 is 28.4. The van der Waals surface area contributed by atoms with Crippen molar-refractivity contribution in [2.75, 3.05) is 11.9 Å². The largest absolute Gasteiger partial charge is 0.329 e. The average Bonchev–Trinajstić information content (AvgIpc) is 2.89. The molecule has 0 aliphatic heterocycles. The van der Waals surface area contributed by atoms with Gasteiger partial charge in [0.2, 0.25) is 15.9 Å². The van der Waals surface area contributed by atoms with Crippen LogP contribution in [0.15, 0.2) is 27.6 Å². The van der Waals surface area contributed by atoms with Gasteiger partial charge in [0.05, 0.1) is 10.6 Å². The van der Waals surface area contributed by atoms with E-state index in [9.17, 15) is 13.2 Å². The normalized spacial score (nSPS) is 17.4. The molecule has 22 heavy (non-hydrogen) atoms. The molecule has 8 heteroatoms.